The van der Waals surface area contributed by atoms with Gasteiger partial charge in [-0.25, -0.2) is 4.39 Å². The van der Waals surface area contributed by atoms with Gasteiger partial charge in [0.2, 0.25) is 0 Å². The van der Waals surface area contributed by atoms with E-state index in [0.717, 1.165) is 0 Å². The Labute approximate surface area is 112 Å². The second kappa shape index (κ2) is 3.92. The van der Waals surface area contributed by atoms with Crippen LogP contribution in [-0.2, 0) is 10.3 Å². The molecule has 1 atom stereocenters. The van der Waals surface area contributed by atoms with Crippen LogP contribution in [0.5, 0.6) is 0 Å². The molecule has 0 bridgehead atoms. The molecule has 0 radical (unpaired) electrons. The molecule has 1 N–H and O–H groups in total. The average molecular weight is 273 g/mol. The van der Waals surface area contributed by atoms with E-state index in [4.69, 9.17) is 16.3 Å². The van der Waals surface area contributed by atoms with Gasteiger partial charge in [0.05, 0.1) is 11.2 Å². The van der Waals surface area contributed by atoms with Crippen molar-refractivity contribution < 1.29 is 14.2 Å². The van der Waals surface area contributed by atoms with Crippen LogP contribution in [0, 0.1) is 5.82 Å². The molecule has 0 amide bonds. The molecule has 4 heteroatoms. The Balaban J connectivity index is 2.54. The maximum atomic E-state index is 14.0. The zero-order valence-corrected chi connectivity index (χ0v) is 11.8. The lowest BCUT2D eigenvalue weighted by molar-refractivity contribution is -0.130. The van der Waals surface area contributed by atoms with Crippen LogP contribution >= 0.6 is 11.6 Å². The first-order valence-electron chi connectivity index (χ1n) is 5.95. The molecule has 1 heterocycles. The fourth-order valence-corrected chi connectivity index (χ4v) is 3.04. The molecule has 18 heavy (non-hydrogen) atoms. The topological polar surface area (TPSA) is 29.5 Å². The molecule has 1 aromatic carbocycles. The van der Waals surface area contributed by atoms with Gasteiger partial charge in [-0.15, -0.1) is 0 Å². The van der Waals surface area contributed by atoms with Crippen molar-refractivity contribution in [3.05, 3.63) is 34.6 Å². The van der Waals surface area contributed by atoms with Gasteiger partial charge in [-0.05, 0) is 39.8 Å². The Kier molecular flexibility index (Phi) is 3.01. The molecule has 1 aliphatic rings. The largest absolute Gasteiger partial charge is 0.382 e. The number of hydrogen-bond donors (Lipinski definition) is 1. The van der Waals surface area contributed by atoms with Crippen LogP contribution in [0.2, 0.25) is 5.02 Å². The number of aliphatic hydroxyl groups is 1. The lowest BCUT2D eigenvalue weighted by Gasteiger charge is -2.35. The van der Waals surface area contributed by atoms with Crippen molar-refractivity contribution in [2.45, 2.75) is 50.9 Å². The van der Waals surface area contributed by atoms with E-state index in [0.29, 0.717) is 11.4 Å². The van der Waals surface area contributed by atoms with Gasteiger partial charge in [0, 0.05) is 17.0 Å². The molecule has 1 saturated heterocycles. The Morgan fingerprint density at radius 1 is 1.28 bits per heavy atom. The zero-order chi connectivity index (χ0) is 13.8. The minimum atomic E-state index is -1.36. The lowest BCUT2D eigenvalue weighted by Crippen LogP contribution is -2.44. The molecule has 0 saturated carbocycles. The first-order chi connectivity index (χ1) is 8.07. The van der Waals surface area contributed by atoms with E-state index in [9.17, 15) is 9.50 Å². The van der Waals surface area contributed by atoms with Gasteiger partial charge in [0.25, 0.3) is 0 Å². The minimum Gasteiger partial charge on any atom is -0.382 e. The van der Waals surface area contributed by atoms with Crippen molar-refractivity contribution >= 4 is 11.6 Å². The summed E-state index contributed by atoms with van der Waals surface area (Å²) in [6, 6.07) is 4.33. The maximum absolute atomic E-state index is 14.0. The third-order valence-corrected chi connectivity index (χ3v) is 3.82. The summed E-state index contributed by atoms with van der Waals surface area (Å²) in [7, 11) is 0. The van der Waals surface area contributed by atoms with Gasteiger partial charge >= 0.3 is 0 Å². The monoisotopic (exact) mass is 272 g/mol. The van der Waals surface area contributed by atoms with Gasteiger partial charge in [0.1, 0.15) is 11.4 Å². The van der Waals surface area contributed by atoms with E-state index in [1.54, 1.807) is 19.9 Å². The highest BCUT2D eigenvalue weighted by atomic mass is 35.5. The van der Waals surface area contributed by atoms with Crippen LogP contribution < -0.4 is 0 Å². The van der Waals surface area contributed by atoms with Gasteiger partial charge in [-0.3, -0.25) is 0 Å². The van der Waals surface area contributed by atoms with E-state index >= 15 is 0 Å². The molecule has 0 spiro atoms. The van der Waals surface area contributed by atoms with Crippen LogP contribution in [0.1, 0.15) is 39.7 Å². The van der Waals surface area contributed by atoms with E-state index in [1.165, 1.54) is 12.1 Å². The van der Waals surface area contributed by atoms with E-state index < -0.39 is 22.6 Å². The van der Waals surface area contributed by atoms with Gasteiger partial charge in [-0.1, -0.05) is 17.7 Å². The lowest BCUT2D eigenvalue weighted by atomic mass is 9.77. The summed E-state index contributed by atoms with van der Waals surface area (Å²) < 4.78 is 19.9. The molecule has 2 nitrogen and oxygen atoms in total. The quantitative estimate of drug-likeness (QED) is 0.846. The second-order valence-electron chi connectivity index (χ2n) is 6.03. The van der Waals surface area contributed by atoms with Crippen LogP contribution in [0.15, 0.2) is 18.2 Å². The summed E-state index contributed by atoms with van der Waals surface area (Å²) in [6.45, 7) is 7.33. The Morgan fingerprint density at radius 3 is 2.33 bits per heavy atom. The summed E-state index contributed by atoms with van der Waals surface area (Å²) in [5.74, 6) is -0.501. The zero-order valence-electron chi connectivity index (χ0n) is 11.1. The highest BCUT2D eigenvalue weighted by molar-refractivity contribution is 6.30. The number of halogens is 2. The Morgan fingerprint density at radius 2 is 1.89 bits per heavy atom. The summed E-state index contributed by atoms with van der Waals surface area (Å²) in [5.41, 5.74) is -2.47. The van der Waals surface area contributed by atoms with Gasteiger partial charge in [-0.2, -0.15) is 0 Å². The third-order valence-electron chi connectivity index (χ3n) is 3.59. The maximum Gasteiger partial charge on any atom is 0.130 e. The average Bonchev–Trinajstić information content (AvgIpc) is 2.29. The number of ether oxygens (including phenoxy) is 1. The molecular weight excluding hydrogens is 255 g/mol. The molecule has 0 aromatic heterocycles. The Hall–Kier alpha value is -0.640. The summed E-state index contributed by atoms with van der Waals surface area (Å²) in [5, 5.41) is 11.2. The molecule has 1 aliphatic heterocycles. The highest BCUT2D eigenvalue weighted by Gasteiger charge is 2.58. The van der Waals surface area contributed by atoms with Crippen molar-refractivity contribution in [1.29, 1.82) is 0 Å². The third kappa shape index (κ3) is 2.04. The number of benzene rings is 1. The van der Waals surface area contributed by atoms with E-state index in [2.05, 4.69) is 0 Å². The van der Waals surface area contributed by atoms with Crippen molar-refractivity contribution in [2.75, 3.05) is 0 Å². The standard InChI is InChI=1S/C14H18ClFO2/c1-12(2)8-14(17,13(3,4)18-12)10-6-5-9(15)7-11(10)16/h5-7,17H,8H2,1-4H3. The molecule has 1 fully saturated rings. The van der Waals surface area contributed by atoms with E-state index in [-0.39, 0.29) is 5.56 Å². The molecule has 100 valence electrons. The predicted octanol–water partition coefficient (Wildman–Crippen LogP) is 3.64. The minimum absolute atomic E-state index is 0.238. The molecular formula is C14H18ClFO2. The smallest absolute Gasteiger partial charge is 0.130 e. The number of rotatable bonds is 1. The molecule has 2 rings (SSSR count). The van der Waals surface area contributed by atoms with Crippen LogP contribution in [0.25, 0.3) is 0 Å². The first-order valence-corrected chi connectivity index (χ1v) is 6.33. The van der Waals surface area contributed by atoms with Crippen molar-refractivity contribution in [3.63, 3.8) is 0 Å². The normalized spacial score (nSPS) is 29.5. The summed E-state index contributed by atoms with van der Waals surface area (Å²) in [6.07, 6.45) is 0.339. The fourth-order valence-electron chi connectivity index (χ4n) is 2.88. The van der Waals surface area contributed by atoms with Gasteiger partial charge < -0.3 is 9.84 Å². The highest BCUT2D eigenvalue weighted by Crippen LogP contribution is 2.51. The fraction of sp³-hybridized carbons (Fsp3) is 0.571. The van der Waals surface area contributed by atoms with Crippen LogP contribution in [0.3, 0.4) is 0 Å². The van der Waals surface area contributed by atoms with Crippen molar-refractivity contribution in [2.24, 2.45) is 0 Å². The number of hydrogen-bond acceptors (Lipinski definition) is 2. The molecule has 1 unspecified atom stereocenters. The molecule has 0 aliphatic carbocycles. The van der Waals surface area contributed by atoms with Crippen molar-refractivity contribution in [1.82, 2.24) is 0 Å². The second-order valence-corrected chi connectivity index (χ2v) is 6.47. The van der Waals surface area contributed by atoms with Crippen LogP contribution in [0.4, 0.5) is 4.39 Å². The van der Waals surface area contributed by atoms with Crippen LogP contribution in [-0.4, -0.2) is 16.3 Å². The first kappa shape index (κ1) is 13.8. The Bertz CT molecular complexity index is 485. The van der Waals surface area contributed by atoms with Crippen molar-refractivity contribution in [3.8, 4) is 0 Å². The summed E-state index contributed by atoms with van der Waals surface area (Å²) >= 11 is 5.74. The van der Waals surface area contributed by atoms with Gasteiger partial charge in [0.15, 0.2) is 0 Å². The molecule has 1 aromatic rings. The summed E-state index contributed by atoms with van der Waals surface area (Å²) in [4.78, 5) is 0. The predicted molar refractivity (Wildman–Crippen MR) is 69.2 cm³/mol. The SMILES string of the molecule is CC1(C)CC(O)(c2ccc(Cl)cc2F)C(C)(C)O1. The van der Waals surface area contributed by atoms with E-state index in [1.807, 2.05) is 13.8 Å².